The maximum atomic E-state index is 11.7. The molecule has 1 aromatic carbocycles. The van der Waals surface area contributed by atoms with Gasteiger partial charge < -0.3 is 15.6 Å². The van der Waals surface area contributed by atoms with Crippen molar-refractivity contribution in [3.63, 3.8) is 0 Å². The number of esters is 1. The number of methoxy groups -OCH3 is 1. The third kappa shape index (κ3) is 4.53. The number of aliphatic hydroxyl groups is 1. The van der Waals surface area contributed by atoms with E-state index >= 15 is 0 Å². The largest absolute Gasteiger partial charge is 0.469 e. The Morgan fingerprint density at radius 1 is 1.17 bits per heavy atom. The quantitative estimate of drug-likeness (QED) is 0.354. The molecule has 8 nitrogen and oxygen atoms in total. The summed E-state index contributed by atoms with van der Waals surface area (Å²) in [7, 11) is 1.34. The lowest BCUT2D eigenvalue weighted by atomic mass is 9.76. The summed E-state index contributed by atoms with van der Waals surface area (Å²) in [5.74, 6) is 0.170. The van der Waals surface area contributed by atoms with Gasteiger partial charge in [0.1, 0.15) is 5.82 Å². The molecule has 0 amide bonds. The number of benzene rings is 1. The Bertz CT molecular complexity index is 1360. The average molecular weight is 536 g/mol. The van der Waals surface area contributed by atoms with Gasteiger partial charge in [0, 0.05) is 28.8 Å². The fraction of sp³-hybridized carbons (Fsp3) is 0.308. The average Bonchev–Trinajstić information content (AvgIpc) is 3.31. The van der Waals surface area contributed by atoms with Gasteiger partial charge in [-0.15, -0.1) is 0 Å². The van der Waals surface area contributed by atoms with Gasteiger partial charge in [0.25, 0.3) is 0 Å². The number of pyridine rings is 1. The van der Waals surface area contributed by atoms with Crippen molar-refractivity contribution in [1.29, 1.82) is 0 Å². The van der Waals surface area contributed by atoms with Crippen LogP contribution in [0.15, 0.2) is 59.3 Å². The van der Waals surface area contributed by atoms with Gasteiger partial charge in [-0.3, -0.25) is 9.78 Å². The molecule has 180 valence electrons. The van der Waals surface area contributed by atoms with Gasteiger partial charge in [-0.1, -0.05) is 36.4 Å². The maximum absolute atomic E-state index is 11.7. The van der Waals surface area contributed by atoms with Crippen LogP contribution in [0.3, 0.4) is 0 Å². The minimum atomic E-state index is -1.04. The van der Waals surface area contributed by atoms with E-state index in [9.17, 15) is 9.90 Å². The second kappa shape index (κ2) is 9.39. The first-order chi connectivity index (χ1) is 16.9. The summed E-state index contributed by atoms with van der Waals surface area (Å²) in [6.45, 7) is 0. The van der Waals surface area contributed by atoms with E-state index in [2.05, 4.69) is 26.0 Å². The fourth-order valence-corrected chi connectivity index (χ4v) is 5.35. The molecule has 0 radical (unpaired) electrons. The number of anilines is 1. The highest BCUT2D eigenvalue weighted by molar-refractivity contribution is 9.10. The molecule has 4 aromatic rings. The summed E-state index contributed by atoms with van der Waals surface area (Å²) in [4.78, 5) is 21.3. The molecule has 0 saturated heterocycles. The van der Waals surface area contributed by atoms with Crippen molar-refractivity contribution >= 4 is 33.4 Å². The first-order valence-corrected chi connectivity index (χ1v) is 12.3. The number of carbonyl (C=O) groups excluding carboxylic acids is 1. The van der Waals surface area contributed by atoms with Crippen molar-refractivity contribution in [3.8, 4) is 22.4 Å². The van der Waals surface area contributed by atoms with E-state index in [1.54, 1.807) is 10.7 Å². The predicted molar refractivity (Wildman–Crippen MR) is 137 cm³/mol. The van der Waals surface area contributed by atoms with E-state index < -0.39 is 11.6 Å². The molecule has 1 aliphatic rings. The van der Waals surface area contributed by atoms with Crippen molar-refractivity contribution in [2.24, 2.45) is 0 Å². The zero-order valence-electron chi connectivity index (χ0n) is 19.3. The van der Waals surface area contributed by atoms with Crippen molar-refractivity contribution in [2.75, 3.05) is 12.8 Å². The minimum absolute atomic E-state index is 0.00470. The molecule has 0 atom stereocenters. The van der Waals surface area contributed by atoms with E-state index in [0.717, 1.165) is 28.1 Å². The smallest absolute Gasteiger partial charge is 0.308 e. The summed E-state index contributed by atoms with van der Waals surface area (Å²) in [6, 6.07) is 14.0. The highest BCUT2D eigenvalue weighted by Crippen LogP contribution is 2.43. The first-order valence-electron chi connectivity index (χ1n) is 11.5. The van der Waals surface area contributed by atoms with Crippen LogP contribution < -0.4 is 5.73 Å². The molecule has 1 fully saturated rings. The highest BCUT2D eigenvalue weighted by Gasteiger charge is 2.37. The second-order valence-corrected chi connectivity index (χ2v) is 9.83. The number of nitrogen functional groups attached to an aromatic ring is 1. The van der Waals surface area contributed by atoms with Gasteiger partial charge in [0.05, 0.1) is 41.2 Å². The van der Waals surface area contributed by atoms with Crippen LogP contribution >= 0.6 is 15.9 Å². The number of halogens is 1. The van der Waals surface area contributed by atoms with Gasteiger partial charge in [0.2, 0.25) is 0 Å². The summed E-state index contributed by atoms with van der Waals surface area (Å²) < 4.78 is 7.08. The Morgan fingerprint density at radius 2 is 1.91 bits per heavy atom. The van der Waals surface area contributed by atoms with Gasteiger partial charge in [-0.25, -0.2) is 4.98 Å². The molecule has 3 heterocycles. The lowest BCUT2D eigenvalue weighted by Gasteiger charge is -2.35. The molecular weight excluding hydrogens is 510 g/mol. The molecule has 35 heavy (non-hydrogen) atoms. The number of nitrogens with zero attached hydrogens (tertiary/aromatic N) is 4. The zero-order chi connectivity index (χ0) is 24.6. The summed E-state index contributed by atoms with van der Waals surface area (Å²) in [5.41, 5.74) is 10.6. The topological polar surface area (TPSA) is 116 Å². The molecule has 3 aromatic heterocycles. The lowest BCUT2D eigenvalue weighted by molar-refractivity contribution is -0.147. The lowest BCUT2D eigenvalue weighted by Crippen LogP contribution is -2.36. The van der Waals surface area contributed by atoms with E-state index in [0.29, 0.717) is 41.6 Å². The van der Waals surface area contributed by atoms with Crippen molar-refractivity contribution in [1.82, 2.24) is 19.6 Å². The number of aromatic nitrogens is 4. The summed E-state index contributed by atoms with van der Waals surface area (Å²) in [5, 5.41) is 15.3. The summed E-state index contributed by atoms with van der Waals surface area (Å²) in [6.07, 6.45) is 5.93. The number of ether oxygens (including phenoxy) is 1. The van der Waals surface area contributed by atoms with E-state index in [-0.39, 0.29) is 12.3 Å². The van der Waals surface area contributed by atoms with E-state index in [1.807, 2.05) is 48.7 Å². The Labute approximate surface area is 211 Å². The van der Waals surface area contributed by atoms with Gasteiger partial charge in [-0.05, 0) is 47.7 Å². The number of fused-ring (bicyclic) bond motifs is 1. The van der Waals surface area contributed by atoms with Crippen molar-refractivity contribution in [2.45, 2.75) is 43.6 Å². The molecule has 0 aliphatic heterocycles. The molecule has 0 spiro atoms. The number of hydrogen-bond acceptors (Lipinski definition) is 7. The third-order valence-electron chi connectivity index (χ3n) is 6.80. The molecule has 0 unspecified atom stereocenters. The Hall–Kier alpha value is -3.30. The molecule has 1 saturated carbocycles. The molecule has 5 rings (SSSR count). The van der Waals surface area contributed by atoms with Gasteiger partial charge >= 0.3 is 5.97 Å². The van der Waals surface area contributed by atoms with Crippen LogP contribution in [-0.4, -0.2) is 43.4 Å². The van der Waals surface area contributed by atoms with Crippen LogP contribution in [-0.2, 0) is 9.53 Å². The van der Waals surface area contributed by atoms with Gasteiger partial charge in [0.15, 0.2) is 5.65 Å². The van der Waals surface area contributed by atoms with E-state index in [1.165, 1.54) is 7.11 Å². The zero-order valence-corrected chi connectivity index (χ0v) is 20.9. The fourth-order valence-electron chi connectivity index (χ4n) is 4.77. The highest BCUT2D eigenvalue weighted by atomic mass is 79.9. The molecule has 3 N–H and O–H groups in total. The van der Waals surface area contributed by atoms with E-state index in [4.69, 9.17) is 15.5 Å². The standard InChI is InChI=1S/C26H26BrN5O3/c1-35-21(33)13-26(34)11-9-17(10-12-26)23-22(27)24(28)32-25(31-23)19(15-30-32)18-7-8-20(29-14-18)16-5-3-2-4-6-16/h2-8,14-15,17,34H,9-13,28H2,1H3/t17-,26-. The SMILES string of the molecule is COC(=O)C[C@]1(O)CC[C@H](c2nc3c(-c4ccc(-c5ccccc5)nc4)cnn3c(N)c2Br)CC1. The van der Waals surface area contributed by atoms with Crippen molar-refractivity contribution in [3.05, 3.63) is 65.0 Å². The Kier molecular flexibility index (Phi) is 6.29. The maximum Gasteiger partial charge on any atom is 0.308 e. The van der Waals surface area contributed by atoms with Gasteiger partial charge in [-0.2, -0.15) is 9.61 Å². The van der Waals surface area contributed by atoms with Crippen LogP contribution in [0.4, 0.5) is 5.82 Å². The van der Waals surface area contributed by atoms with Crippen LogP contribution in [0.5, 0.6) is 0 Å². The Morgan fingerprint density at radius 3 is 2.57 bits per heavy atom. The number of nitrogens with two attached hydrogens (primary N) is 1. The van der Waals surface area contributed by atoms with Crippen LogP contribution in [0, 0.1) is 0 Å². The molecular formula is C26H26BrN5O3. The number of rotatable bonds is 5. The molecule has 0 bridgehead atoms. The van der Waals surface area contributed by atoms with Crippen LogP contribution in [0.1, 0.15) is 43.7 Å². The monoisotopic (exact) mass is 535 g/mol. The predicted octanol–water partition coefficient (Wildman–Crippen LogP) is 4.75. The molecule has 1 aliphatic carbocycles. The second-order valence-electron chi connectivity index (χ2n) is 9.04. The first kappa shape index (κ1) is 23.4. The summed E-state index contributed by atoms with van der Waals surface area (Å²) >= 11 is 3.62. The van der Waals surface area contributed by atoms with Crippen LogP contribution in [0.2, 0.25) is 0 Å². The number of hydrogen-bond donors (Lipinski definition) is 2. The number of carbonyl (C=O) groups is 1. The normalized spacial score (nSPS) is 20.1. The third-order valence-corrected chi connectivity index (χ3v) is 7.61. The minimum Gasteiger partial charge on any atom is -0.469 e. The Balaban J connectivity index is 1.45. The van der Waals surface area contributed by atoms with Crippen molar-refractivity contribution < 1.29 is 14.6 Å². The van der Waals surface area contributed by atoms with Crippen LogP contribution in [0.25, 0.3) is 28.0 Å². The molecule has 9 heteroatoms.